The minimum absolute atomic E-state index is 0.208. The maximum atomic E-state index is 13.8. The van der Waals surface area contributed by atoms with Crippen molar-refractivity contribution in [2.24, 2.45) is 5.92 Å². The number of rotatable bonds is 8. The second-order valence-corrected chi connectivity index (χ2v) is 7.81. The molecule has 3 rings (SSSR count). The van der Waals surface area contributed by atoms with Crippen LogP contribution in [0.25, 0.3) is 0 Å². The standard InChI is InChI=1S/C24H26F2N2O5/c1-16-3-2-4-19(13-16)32-12-9-27-22(29)15-33-24(31)17-7-10-28(11-8-17)23(30)20-6-5-18(25)14-21(20)26/h2-6,13-14,17H,7-12,15H2,1H3,(H,27,29). The zero-order chi connectivity index (χ0) is 23.8. The Balaban J connectivity index is 1.34. The molecule has 1 fully saturated rings. The lowest BCUT2D eigenvalue weighted by molar-refractivity contribution is -0.153. The smallest absolute Gasteiger partial charge is 0.309 e. The van der Waals surface area contributed by atoms with Crippen LogP contribution >= 0.6 is 0 Å². The van der Waals surface area contributed by atoms with Gasteiger partial charge in [-0.2, -0.15) is 0 Å². The molecule has 0 spiro atoms. The van der Waals surface area contributed by atoms with E-state index in [2.05, 4.69) is 5.32 Å². The Kier molecular flexibility index (Phi) is 8.34. The molecular formula is C24H26F2N2O5. The van der Waals surface area contributed by atoms with Gasteiger partial charge in [0.1, 0.15) is 24.0 Å². The monoisotopic (exact) mass is 460 g/mol. The summed E-state index contributed by atoms with van der Waals surface area (Å²) in [5.74, 6) is -2.92. The molecule has 1 N–H and O–H groups in total. The van der Waals surface area contributed by atoms with Gasteiger partial charge < -0.3 is 19.7 Å². The highest BCUT2D eigenvalue weighted by Gasteiger charge is 2.30. The minimum Gasteiger partial charge on any atom is -0.492 e. The Hall–Kier alpha value is -3.49. The van der Waals surface area contributed by atoms with Gasteiger partial charge in [-0.3, -0.25) is 14.4 Å². The molecule has 1 aliphatic heterocycles. The second-order valence-electron chi connectivity index (χ2n) is 7.81. The van der Waals surface area contributed by atoms with E-state index in [4.69, 9.17) is 9.47 Å². The van der Waals surface area contributed by atoms with Crippen LogP contribution in [0, 0.1) is 24.5 Å². The summed E-state index contributed by atoms with van der Waals surface area (Å²) >= 11 is 0. The van der Waals surface area contributed by atoms with Gasteiger partial charge in [0.15, 0.2) is 6.61 Å². The number of ether oxygens (including phenoxy) is 2. The number of amides is 2. The van der Waals surface area contributed by atoms with Crippen molar-refractivity contribution in [1.82, 2.24) is 10.2 Å². The lowest BCUT2D eigenvalue weighted by Crippen LogP contribution is -2.41. The van der Waals surface area contributed by atoms with Crippen LogP contribution in [0.5, 0.6) is 5.75 Å². The molecule has 2 amide bonds. The van der Waals surface area contributed by atoms with Crippen molar-refractivity contribution in [3.05, 3.63) is 65.2 Å². The molecule has 1 heterocycles. The number of likely N-dealkylation sites (tertiary alicyclic amines) is 1. The number of carbonyl (C=O) groups excluding carboxylic acids is 3. The van der Waals surface area contributed by atoms with Crippen LogP contribution in [0.15, 0.2) is 42.5 Å². The number of esters is 1. The van der Waals surface area contributed by atoms with Gasteiger partial charge in [0.05, 0.1) is 18.0 Å². The van der Waals surface area contributed by atoms with E-state index in [0.717, 1.165) is 17.7 Å². The number of hydrogen-bond acceptors (Lipinski definition) is 5. The molecule has 0 radical (unpaired) electrons. The van der Waals surface area contributed by atoms with Gasteiger partial charge in [0.2, 0.25) is 0 Å². The zero-order valence-electron chi connectivity index (χ0n) is 18.3. The normalized spacial score (nSPS) is 14.0. The lowest BCUT2D eigenvalue weighted by Gasteiger charge is -2.31. The molecule has 7 nitrogen and oxygen atoms in total. The average molecular weight is 460 g/mol. The van der Waals surface area contributed by atoms with Gasteiger partial charge in [0.25, 0.3) is 11.8 Å². The van der Waals surface area contributed by atoms with Crippen LogP contribution in [-0.4, -0.2) is 55.5 Å². The van der Waals surface area contributed by atoms with Crippen LogP contribution in [0.4, 0.5) is 8.78 Å². The molecule has 176 valence electrons. The van der Waals surface area contributed by atoms with Crippen LogP contribution in [0.1, 0.15) is 28.8 Å². The Morgan fingerprint density at radius 3 is 2.55 bits per heavy atom. The van der Waals surface area contributed by atoms with Crippen molar-refractivity contribution < 1.29 is 32.6 Å². The molecule has 2 aromatic carbocycles. The van der Waals surface area contributed by atoms with Crippen LogP contribution < -0.4 is 10.1 Å². The molecule has 0 unspecified atom stereocenters. The molecule has 0 aliphatic carbocycles. The molecule has 1 saturated heterocycles. The third kappa shape index (κ3) is 7.00. The largest absolute Gasteiger partial charge is 0.492 e. The van der Waals surface area contributed by atoms with Crippen molar-refractivity contribution in [2.75, 3.05) is 32.8 Å². The Morgan fingerprint density at radius 1 is 1.09 bits per heavy atom. The van der Waals surface area contributed by atoms with Gasteiger partial charge >= 0.3 is 5.97 Å². The summed E-state index contributed by atoms with van der Waals surface area (Å²) in [6, 6.07) is 10.3. The summed E-state index contributed by atoms with van der Waals surface area (Å²) in [5.41, 5.74) is 0.863. The number of piperidine rings is 1. The molecule has 0 saturated carbocycles. The third-order valence-electron chi connectivity index (χ3n) is 5.31. The predicted octanol–water partition coefficient (Wildman–Crippen LogP) is 2.86. The highest BCUT2D eigenvalue weighted by Crippen LogP contribution is 2.21. The summed E-state index contributed by atoms with van der Waals surface area (Å²) in [6.45, 7) is 2.57. The topological polar surface area (TPSA) is 84.9 Å². The first-order chi connectivity index (χ1) is 15.8. The quantitative estimate of drug-likeness (QED) is 0.484. The molecule has 0 aromatic heterocycles. The fraction of sp³-hybridized carbons (Fsp3) is 0.375. The van der Waals surface area contributed by atoms with Crippen molar-refractivity contribution >= 4 is 17.8 Å². The highest BCUT2D eigenvalue weighted by molar-refractivity contribution is 5.94. The number of carbonyl (C=O) groups is 3. The van der Waals surface area contributed by atoms with E-state index >= 15 is 0 Å². The van der Waals surface area contributed by atoms with Gasteiger partial charge in [-0.1, -0.05) is 12.1 Å². The van der Waals surface area contributed by atoms with Gasteiger partial charge in [-0.15, -0.1) is 0 Å². The summed E-state index contributed by atoms with van der Waals surface area (Å²) < 4.78 is 37.5. The maximum absolute atomic E-state index is 13.8. The molecule has 9 heteroatoms. The van der Waals surface area contributed by atoms with Crippen LogP contribution in [-0.2, 0) is 14.3 Å². The summed E-state index contributed by atoms with van der Waals surface area (Å²) in [6.07, 6.45) is 0.665. The Bertz CT molecular complexity index is 1010. The van der Waals surface area contributed by atoms with Crippen LogP contribution in [0.3, 0.4) is 0 Å². The van der Waals surface area contributed by atoms with E-state index in [9.17, 15) is 23.2 Å². The van der Waals surface area contributed by atoms with E-state index < -0.39 is 41.9 Å². The molecule has 2 aromatic rings. The molecular weight excluding hydrogens is 434 g/mol. The van der Waals surface area contributed by atoms with Crippen molar-refractivity contribution in [3.8, 4) is 5.75 Å². The van der Waals surface area contributed by atoms with E-state index in [1.807, 2.05) is 31.2 Å². The summed E-state index contributed by atoms with van der Waals surface area (Å²) in [7, 11) is 0. The molecule has 1 aliphatic rings. The first-order valence-corrected chi connectivity index (χ1v) is 10.7. The Labute approximate surface area is 190 Å². The third-order valence-corrected chi connectivity index (χ3v) is 5.31. The Morgan fingerprint density at radius 2 is 1.85 bits per heavy atom. The number of aryl methyl sites for hydroxylation is 1. The zero-order valence-corrected chi connectivity index (χ0v) is 18.3. The van der Waals surface area contributed by atoms with E-state index in [-0.39, 0.29) is 31.8 Å². The van der Waals surface area contributed by atoms with Gasteiger partial charge in [-0.05, 0) is 49.6 Å². The van der Waals surface area contributed by atoms with Gasteiger partial charge in [-0.25, -0.2) is 8.78 Å². The van der Waals surface area contributed by atoms with E-state index in [1.54, 1.807) is 0 Å². The van der Waals surface area contributed by atoms with Crippen LogP contribution in [0.2, 0.25) is 0 Å². The summed E-state index contributed by atoms with van der Waals surface area (Å²) in [4.78, 5) is 38.0. The first-order valence-electron chi connectivity index (χ1n) is 10.7. The molecule has 0 bridgehead atoms. The number of nitrogens with one attached hydrogen (secondary N) is 1. The predicted molar refractivity (Wildman–Crippen MR) is 116 cm³/mol. The average Bonchev–Trinajstić information content (AvgIpc) is 2.80. The van der Waals surface area contributed by atoms with Crippen molar-refractivity contribution in [1.29, 1.82) is 0 Å². The number of hydrogen-bond donors (Lipinski definition) is 1. The van der Waals surface area contributed by atoms with E-state index in [0.29, 0.717) is 24.7 Å². The summed E-state index contributed by atoms with van der Waals surface area (Å²) in [5, 5.41) is 2.62. The number of benzene rings is 2. The lowest BCUT2D eigenvalue weighted by atomic mass is 9.96. The first kappa shape index (κ1) is 24.2. The maximum Gasteiger partial charge on any atom is 0.309 e. The van der Waals surface area contributed by atoms with E-state index in [1.165, 1.54) is 4.90 Å². The molecule has 0 atom stereocenters. The number of halogens is 2. The second kappa shape index (κ2) is 11.4. The fourth-order valence-corrected chi connectivity index (χ4v) is 3.52. The fourth-order valence-electron chi connectivity index (χ4n) is 3.52. The number of nitrogens with zero attached hydrogens (tertiary/aromatic N) is 1. The van der Waals surface area contributed by atoms with Gasteiger partial charge in [0, 0.05) is 19.2 Å². The van der Waals surface area contributed by atoms with Crippen molar-refractivity contribution in [2.45, 2.75) is 19.8 Å². The minimum atomic E-state index is -0.920. The van der Waals surface area contributed by atoms with Crippen molar-refractivity contribution in [3.63, 3.8) is 0 Å². The SMILES string of the molecule is Cc1cccc(OCCNC(=O)COC(=O)C2CCN(C(=O)c3ccc(F)cc3F)CC2)c1. The highest BCUT2D eigenvalue weighted by atomic mass is 19.1. The molecule has 33 heavy (non-hydrogen) atoms.